The second kappa shape index (κ2) is 3.28. The van der Waals surface area contributed by atoms with E-state index in [2.05, 4.69) is 5.10 Å². The molecule has 1 aliphatic heterocycles. The van der Waals surface area contributed by atoms with E-state index in [0.29, 0.717) is 16.9 Å². The molecule has 0 unspecified atom stereocenters. The summed E-state index contributed by atoms with van der Waals surface area (Å²) in [5, 5.41) is 3.96. The molecule has 2 amide bonds. The van der Waals surface area contributed by atoms with Crippen LogP contribution in [0.4, 0.5) is 5.82 Å². The third-order valence-corrected chi connectivity index (χ3v) is 2.82. The van der Waals surface area contributed by atoms with Gasteiger partial charge in [0.15, 0.2) is 0 Å². The molecule has 0 saturated heterocycles. The number of anilines is 1. The number of benzene rings is 1. The normalized spacial score (nSPS) is 14.3. The molecule has 1 aliphatic rings. The van der Waals surface area contributed by atoms with E-state index in [9.17, 15) is 9.59 Å². The van der Waals surface area contributed by atoms with Gasteiger partial charge in [-0.15, -0.1) is 0 Å². The van der Waals surface area contributed by atoms with Gasteiger partial charge in [0, 0.05) is 13.1 Å². The van der Waals surface area contributed by atoms with Gasteiger partial charge in [0.05, 0.1) is 17.3 Å². The first kappa shape index (κ1) is 9.77. The molecule has 0 bridgehead atoms. The number of aryl methyl sites for hydroxylation is 1. The first-order chi connectivity index (χ1) is 8.20. The number of imide groups is 1. The van der Waals surface area contributed by atoms with Gasteiger partial charge in [-0.1, -0.05) is 12.1 Å². The highest BCUT2D eigenvalue weighted by Crippen LogP contribution is 2.27. The topological polar surface area (TPSA) is 55.2 Å². The SMILES string of the molecule is Cn1nccc1N1C(=O)c2ccccc2C1=O. The lowest BCUT2D eigenvalue weighted by atomic mass is 10.1. The zero-order chi connectivity index (χ0) is 12.0. The molecule has 17 heavy (non-hydrogen) atoms. The van der Waals surface area contributed by atoms with Crippen LogP contribution in [0.15, 0.2) is 36.5 Å². The summed E-state index contributed by atoms with van der Waals surface area (Å²) in [5.74, 6) is -0.111. The van der Waals surface area contributed by atoms with E-state index >= 15 is 0 Å². The Morgan fingerprint density at radius 2 is 1.59 bits per heavy atom. The number of aromatic nitrogens is 2. The zero-order valence-corrected chi connectivity index (χ0v) is 9.12. The van der Waals surface area contributed by atoms with Crippen LogP contribution in [0.3, 0.4) is 0 Å². The Kier molecular flexibility index (Phi) is 1.89. The van der Waals surface area contributed by atoms with Crippen LogP contribution in [0.1, 0.15) is 20.7 Å². The molecule has 0 N–H and O–H groups in total. The maximum absolute atomic E-state index is 12.1. The molecule has 84 valence electrons. The highest BCUT2D eigenvalue weighted by molar-refractivity contribution is 6.34. The van der Waals surface area contributed by atoms with Crippen molar-refractivity contribution >= 4 is 17.6 Å². The fourth-order valence-electron chi connectivity index (χ4n) is 1.98. The summed E-state index contributed by atoms with van der Waals surface area (Å²) in [7, 11) is 1.69. The molecular formula is C12H9N3O2. The van der Waals surface area contributed by atoms with Crippen LogP contribution in [0.25, 0.3) is 0 Å². The minimum atomic E-state index is -0.297. The molecular weight excluding hydrogens is 218 g/mol. The maximum atomic E-state index is 12.1. The van der Waals surface area contributed by atoms with Crippen molar-refractivity contribution in [2.75, 3.05) is 4.90 Å². The van der Waals surface area contributed by atoms with Gasteiger partial charge in [0.2, 0.25) is 0 Å². The zero-order valence-electron chi connectivity index (χ0n) is 9.12. The van der Waals surface area contributed by atoms with Crippen LogP contribution in [-0.4, -0.2) is 21.6 Å². The maximum Gasteiger partial charge on any atom is 0.267 e. The highest BCUT2D eigenvalue weighted by Gasteiger charge is 2.37. The largest absolute Gasteiger partial charge is 0.268 e. The first-order valence-electron chi connectivity index (χ1n) is 5.16. The smallest absolute Gasteiger partial charge is 0.267 e. The molecule has 0 fully saturated rings. The first-order valence-corrected chi connectivity index (χ1v) is 5.16. The van der Waals surface area contributed by atoms with Gasteiger partial charge >= 0.3 is 0 Å². The summed E-state index contributed by atoms with van der Waals surface area (Å²) < 4.78 is 1.50. The standard InChI is InChI=1S/C12H9N3O2/c1-14-10(6-7-13-14)15-11(16)8-4-2-3-5-9(8)12(15)17/h2-7H,1H3. The second-order valence-corrected chi connectivity index (χ2v) is 3.80. The fraction of sp³-hybridized carbons (Fsp3) is 0.0833. The Morgan fingerprint density at radius 3 is 2.06 bits per heavy atom. The van der Waals surface area contributed by atoms with E-state index in [0.717, 1.165) is 4.90 Å². The van der Waals surface area contributed by atoms with Crippen molar-refractivity contribution in [3.8, 4) is 0 Å². The highest BCUT2D eigenvalue weighted by atomic mass is 16.2. The van der Waals surface area contributed by atoms with Crippen LogP contribution in [-0.2, 0) is 7.05 Å². The van der Waals surface area contributed by atoms with Crippen molar-refractivity contribution in [3.05, 3.63) is 47.7 Å². The Morgan fingerprint density at radius 1 is 1.00 bits per heavy atom. The summed E-state index contributed by atoms with van der Waals surface area (Å²) in [5.41, 5.74) is 0.886. The van der Waals surface area contributed by atoms with Crippen molar-refractivity contribution in [1.29, 1.82) is 0 Å². The van der Waals surface area contributed by atoms with Crippen LogP contribution in [0.2, 0.25) is 0 Å². The summed E-state index contributed by atoms with van der Waals surface area (Å²) in [6, 6.07) is 8.45. The Balaban J connectivity index is 2.16. The molecule has 0 saturated carbocycles. The van der Waals surface area contributed by atoms with Crippen molar-refractivity contribution in [1.82, 2.24) is 9.78 Å². The van der Waals surface area contributed by atoms with Gasteiger partial charge in [0.25, 0.3) is 11.8 Å². The molecule has 0 radical (unpaired) electrons. The van der Waals surface area contributed by atoms with Crippen LogP contribution < -0.4 is 4.90 Å². The summed E-state index contributed by atoms with van der Waals surface area (Å²) >= 11 is 0. The molecule has 5 heteroatoms. The van der Waals surface area contributed by atoms with E-state index in [1.807, 2.05) is 0 Å². The molecule has 1 aromatic heterocycles. The number of hydrogen-bond acceptors (Lipinski definition) is 3. The average Bonchev–Trinajstić information content (AvgIpc) is 2.84. The fourth-order valence-corrected chi connectivity index (χ4v) is 1.98. The summed E-state index contributed by atoms with van der Waals surface area (Å²) in [4.78, 5) is 25.4. The van der Waals surface area contributed by atoms with Crippen LogP contribution in [0, 0.1) is 0 Å². The van der Waals surface area contributed by atoms with Gasteiger partial charge in [-0.3, -0.25) is 14.3 Å². The van der Waals surface area contributed by atoms with Gasteiger partial charge < -0.3 is 0 Å². The van der Waals surface area contributed by atoms with Crippen molar-refractivity contribution in [3.63, 3.8) is 0 Å². The number of fused-ring (bicyclic) bond motifs is 1. The van der Waals surface area contributed by atoms with Crippen molar-refractivity contribution in [2.24, 2.45) is 7.05 Å². The predicted molar refractivity (Wildman–Crippen MR) is 60.8 cm³/mol. The molecule has 2 heterocycles. The molecule has 2 aromatic rings. The number of carbonyl (C=O) groups is 2. The van der Waals surface area contributed by atoms with E-state index in [1.165, 1.54) is 4.68 Å². The third kappa shape index (κ3) is 1.22. The molecule has 0 atom stereocenters. The molecule has 3 rings (SSSR count). The average molecular weight is 227 g/mol. The van der Waals surface area contributed by atoms with Gasteiger partial charge in [0.1, 0.15) is 5.82 Å². The number of hydrogen-bond donors (Lipinski definition) is 0. The molecule has 5 nitrogen and oxygen atoms in total. The van der Waals surface area contributed by atoms with Crippen molar-refractivity contribution in [2.45, 2.75) is 0 Å². The van der Waals surface area contributed by atoms with Crippen molar-refractivity contribution < 1.29 is 9.59 Å². The molecule has 0 aliphatic carbocycles. The van der Waals surface area contributed by atoms with Crippen LogP contribution >= 0.6 is 0 Å². The van der Waals surface area contributed by atoms with Gasteiger partial charge in [-0.2, -0.15) is 5.10 Å². The van der Waals surface area contributed by atoms with Crippen LogP contribution in [0.5, 0.6) is 0 Å². The lowest BCUT2D eigenvalue weighted by Gasteiger charge is -2.12. The number of carbonyl (C=O) groups excluding carboxylic acids is 2. The third-order valence-electron chi connectivity index (χ3n) is 2.82. The Labute approximate surface area is 97.3 Å². The number of rotatable bonds is 1. The number of nitrogens with zero attached hydrogens (tertiary/aromatic N) is 3. The Hall–Kier alpha value is -2.43. The van der Waals surface area contributed by atoms with E-state index in [4.69, 9.17) is 0 Å². The molecule has 0 spiro atoms. The quantitative estimate of drug-likeness (QED) is 0.688. The van der Waals surface area contributed by atoms with E-state index < -0.39 is 0 Å². The Bertz CT molecular complexity index is 595. The minimum Gasteiger partial charge on any atom is -0.268 e. The molecule has 1 aromatic carbocycles. The van der Waals surface area contributed by atoms with Gasteiger partial charge in [-0.05, 0) is 12.1 Å². The van der Waals surface area contributed by atoms with E-state index in [1.54, 1.807) is 43.6 Å². The second-order valence-electron chi connectivity index (χ2n) is 3.80. The minimum absolute atomic E-state index is 0.297. The van der Waals surface area contributed by atoms with E-state index in [-0.39, 0.29) is 11.8 Å². The summed E-state index contributed by atoms with van der Waals surface area (Å²) in [6.45, 7) is 0. The predicted octanol–water partition coefficient (Wildman–Crippen LogP) is 1.22. The van der Waals surface area contributed by atoms with Gasteiger partial charge in [-0.25, -0.2) is 4.90 Å². The lowest BCUT2D eigenvalue weighted by Crippen LogP contribution is -2.31. The summed E-state index contributed by atoms with van der Waals surface area (Å²) in [6.07, 6.45) is 1.55. The monoisotopic (exact) mass is 227 g/mol. The lowest BCUT2D eigenvalue weighted by molar-refractivity contribution is 0.0924. The number of amides is 2.